The van der Waals surface area contributed by atoms with Crippen molar-refractivity contribution in [3.63, 3.8) is 0 Å². The molecule has 5 rings (SSSR count). The van der Waals surface area contributed by atoms with Crippen LogP contribution in [0.5, 0.6) is 0 Å². The SMILES string of the molecule is CCOC(=O)[C@]12O[C@@]3(C(=O)OC[C@@H](c4ccccc4)N3C1=O)[C@@H]1C(=O)N(C)C(=O)[C@@H]12. The van der Waals surface area contributed by atoms with Crippen molar-refractivity contribution in [2.75, 3.05) is 20.3 Å². The van der Waals surface area contributed by atoms with Crippen LogP contribution in [0.2, 0.25) is 0 Å². The number of nitrogens with zero attached hydrogens (tertiary/aromatic N) is 2. The van der Waals surface area contributed by atoms with Gasteiger partial charge in [0.25, 0.3) is 17.2 Å². The maximum atomic E-state index is 13.7. The summed E-state index contributed by atoms with van der Waals surface area (Å²) in [5.41, 5.74) is -3.98. The van der Waals surface area contributed by atoms with E-state index in [1.165, 1.54) is 14.0 Å². The van der Waals surface area contributed by atoms with Crippen molar-refractivity contribution < 1.29 is 38.2 Å². The van der Waals surface area contributed by atoms with Crippen LogP contribution >= 0.6 is 0 Å². The van der Waals surface area contributed by atoms with Crippen LogP contribution < -0.4 is 0 Å². The molecule has 1 aromatic rings. The predicted octanol–water partition coefficient (Wildman–Crippen LogP) is -0.614. The molecule has 4 heterocycles. The van der Waals surface area contributed by atoms with Crippen molar-refractivity contribution in [3.8, 4) is 0 Å². The summed E-state index contributed by atoms with van der Waals surface area (Å²) >= 11 is 0. The molecule has 0 unspecified atom stereocenters. The number of piperidine rings is 1. The quantitative estimate of drug-likeness (QED) is 0.365. The second kappa shape index (κ2) is 5.88. The number of morpholine rings is 1. The Morgan fingerprint density at radius 2 is 1.80 bits per heavy atom. The lowest BCUT2D eigenvalue weighted by molar-refractivity contribution is -0.216. The minimum atomic E-state index is -2.41. The molecule has 0 radical (unpaired) electrons. The highest BCUT2D eigenvalue weighted by atomic mass is 16.7. The average molecular weight is 414 g/mol. The second-order valence-electron chi connectivity index (χ2n) is 7.65. The topological polar surface area (TPSA) is 120 Å². The van der Waals surface area contributed by atoms with Gasteiger partial charge in [-0.2, -0.15) is 0 Å². The highest BCUT2D eigenvalue weighted by molar-refractivity contribution is 6.22. The smallest absolute Gasteiger partial charge is 0.361 e. The molecule has 1 spiro atoms. The lowest BCUT2D eigenvalue weighted by Gasteiger charge is -2.46. The second-order valence-corrected chi connectivity index (χ2v) is 7.65. The van der Waals surface area contributed by atoms with Crippen LogP contribution in [0, 0.1) is 11.8 Å². The summed E-state index contributed by atoms with van der Waals surface area (Å²) in [6.07, 6.45) is 0. The summed E-state index contributed by atoms with van der Waals surface area (Å²) in [5, 5.41) is 0. The first-order valence-electron chi connectivity index (χ1n) is 9.57. The van der Waals surface area contributed by atoms with E-state index in [-0.39, 0.29) is 13.2 Å². The number of esters is 2. The maximum absolute atomic E-state index is 13.7. The summed E-state index contributed by atoms with van der Waals surface area (Å²) in [6.45, 7) is 1.29. The highest BCUT2D eigenvalue weighted by Gasteiger charge is 2.89. The third-order valence-electron chi connectivity index (χ3n) is 6.34. The minimum Gasteiger partial charge on any atom is -0.463 e. The summed E-state index contributed by atoms with van der Waals surface area (Å²) in [7, 11) is 1.25. The molecule has 5 atom stereocenters. The molecule has 0 aliphatic carbocycles. The van der Waals surface area contributed by atoms with Crippen LogP contribution in [0.1, 0.15) is 18.5 Å². The highest BCUT2D eigenvalue weighted by Crippen LogP contribution is 2.62. The molecule has 4 aliphatic rings. The normalized spacial score (nSPS) is 36.7. The average Bonchev–Trinajstić information content (AvgIpc) is 3.30. The van der Waals surface area contributed by atoms with Crippen LogP contribution in [-0.4, -0.2) is 71.0 Å². The fraction of sp³-hybridized carbons (Fsp3) is 0.450. The first kappa shape index (κ1) is 18.7. The molecule has 3 amide bonds. The summed E-state index contributed by atoms with van der Waals surface area (Å²) in [4.78, 5) is 67.5. The number of likely N-dealkylation sites (tertiary alicyclic amines) is 1. The molecule has 2 bridgehead atoms. The molecule has 1 aromatic carbocycles. The van der Waals surface area contributed by atoms with E-state index >= 15 is 0 Å². The number of hydrogen-bond acceptors (Lipinski definition) is 8. The van der Waals surface area contributed by atoms with Crippen molar-refractivity contribution in [3.05, 3.63) is 35.9 Å². The Kier molecular flexibility index (Phi) is 3.67. The Labute approximate surface area is 170 Å². The van der Waals surface area contributed by atoms with Gasteiger partial charge in [-0.1, -0.05) is 30.3 Å². The molecule has 10 nitrogen and oxygen atoms in total. The molecule has 4 saturated heterocycles. The van der Waals surface area contributed by atoms with E-state index in [0.717, 1.165) is 9.80 Å². The molecule has 10 heteroatoms. The van der Waals surface area contributed by atoms with Gasteiger partial charge in [-0.3, -0.25) is 24.2 Å². The lowest BCUT2D eigenvalue weighted by atomic mass is 9.72. The van der Waals surface area contributed by atoms with Crippen molar-refractivity contribution >= 4 is 29.7 Å². The third kappa shape index (κ3) is 1.85. The fourth-order valence-corrected chi connectivity index (χ4v) is 5.08. The number of imide groups is 1. The number of amides is 3. The molecule has 0 saturated carbocycles. The monoisotopic (exact) mass is 414 g/mol. The van der Waals surface area contributed by atoms with E-state index in [2.05, 4.69) is 0 Å². The van der Waals surface area contributed by atoms with Gasteiger partial charge in [0.2, 0.25) is 11.8 Å². The number of carbonyl (C=O) groups is 5. The van der Waals surface area contributed by atoms with Crippen LogP contribution in [-0.2, 0) is 38.2 Å². The third-order valence-corrected chi connectivity index (χ3v) is 6.34. The van der Waals surface area contributed by atoms with Crippen LogP contribution in [0.4, 0.5) is 0 Å². The van der Waals surface area contributed by atoms with Crippen molar-refractivity contribution in [1.29, 1.82) is 0 Å². The largest absolute Gasteiger partial charge is 0.463 e. The van der Waals surface area contributed by atoms with Gasteiger partial charge in [-0.05, 0) is 12.5 Å². The summed E-state index contributed by atoms with van der Waals surface area (Å²) in [6, 6.07) is 7.97. The van der Waals surface area contributed by atoms with E-state index in [1.54, 1.807) is 30.3 Å². The summed E-state index contributed by atoms with van der Waals surface area (Å²) < 4.78 is 16.3. The molecular formula is C20H18N2O8. The van der Waals surface area contributed by atoms with Gasteiger partial charge < -0.3 is 14.2 Å². The molecule has 4 fully saturated rings. The van der Waals surface area contributed by atoms with Gasteiger partial charge in [0.15, 0.2) is 0 Å². The Balaban J connectivity index is 1.74. The Hall–Kier alpha value is -3.27. The predicted molar refractivity (Wildman–Crippen MR) is 94.9 cm³/mol. The first-order chi connectivity index (χ1) is 14.3. The molecule has 0 N–H and O–H groups in total. The molecule has 156 valence electrons. The van der Waals surface area contributed by atoms with E-state index in [9.17, 15) is 24.0 Å². The summed E-state index contributed by atoms with van der Waals surface area (Å²) in [5.74, 6) is -7.29. The first-order valence-corrected chi connectivity index (χ1v) is 9.57. The van der Waals surface area contributed by atoms with Crippen molar-refractivity contribution in [2.45, 2.75) is 24.3 Å². The Bertz CT molecular complexity index is 1010. The minimum absolute atomic E-state index is 0.0772. The van der Waals surface area contributed by atoms with E-state index in [4.69, 9.17) is 14.2 Å². The van der Waals surface area contributed by atoms with Gasteiger partial charge in [0.05, 0.1) is 12.6 Å². The zero-order valence-electron chi connectivity index (χ0n) is 16.2. The molecule has 0 aromatic heterocycles. The van der Waals surface area contributed by atoms with Crippen molar-refractivity contribution in [2.24, 2.45) is 11.8 Å². The van der Waals surface area contributed by atoms with E-state index < -0.39 is 58.9 Å². The number of carbonyl (C=O) groups excluding carboxylic acids is 5. The number of rotatable bonds is 3. The number of benzene rings is 1. The van der Waals surface area contributed by atoms with Gasteiger partial charge in [-0.15, -0.1) is 0 Å². The van der Waals surface area contributed by atoms with E-state index in [1.807, 2.05) is 0 Å². The molecule has 30 heavy (non-hydrogen) atoms. The van der Waals surface area contributed by atoms with Crippen molar-refractivity contribution in [1.82, 2.24) is 9.80 Å². The maximum Gasteiger partial charge on any atom is 0.361 e. The number of fused-ring (bicyclic) bond motifs is 3. The Morgan fingerprint density at radius 3 is 2.47 bits per heavy atom. The van der Waals surface area contributed by atoms with Gasteiger partial charge in [0, 0.05) is 7.05 Å². The van der Waals surface area contributed by atoms with Gasteiger partial charge in [-0.25, -0.2) is 9.59 Å². The standard InChI is InChI=1S/C20H18N2O8/c1-3-28-17(26)19-12-13(15(24)21(2)14(12)23)20(30-19)18(27)29-9-11(22(20)16(19)25)10-7-5-4-6-8-10/h4-8,11-13H,3,9H2,1-2H3/t11-,12+,13-,19+,20+/m0/s1. The fourth-order valence-electron chi connectivity index (χ4n) is 5.08. The lowest BCUT2D eigenvalue weighted by Crippen LogP contribution is -2.68. The van der Waals surface area contributed by atoms with Crippen LogP contribution in [0.3, 0.4) is 0 Å². The Morgan fingerprint density at radius 1 is 1.13 bits per heavy atom. The van der Waals surface area contributed by atoms with Gasteiger partial charge in [0.1, 0.15) is 18.4 Å². The van der Waals surface area contributed by atoms with E-state index in [0.29, 0.717) is 5.56 Å². The zero-order chi connectivity index (χ0) is 21.4. The number of hydrogen-bond donors (Lipinski definition) is 0. The zero-order valence-corrected chi connectivity index (χ0v) is 16.2. The number of ether oxygens (including phenoxy) is 3. The molecular weight excluding hydrogens is 396 g/mol. The van der Waals surface area contributed by atoms with Gasteiger partial charge >= 0.3 is 11.9 Å². The molecule has 4 aliphatic heterocycles. The number of cyclic esters (lactones) is 1. The van der Waals surface area contributed by atoms with Crippen LogP contribution in [0.15, 0.2) is 30.3 Å². The van der Waals surface area contributed by atoms with Crippen LogP contribution in [0.25, 0.3) is 0 Å².